The van der Waals surface area contributed by atoms with Crippen molar-refractivity contribution in [3.05, 3.63) is 72.3 Å². The minimum atomic E-state index is -0.391. The third-order valence-corrected chi connectivity index (χ3v) is 5.54. The number of hydrogen-bond donors (Lipinski definition) is 0. The highest BCUT2D eigenvalue weighted by atomic mass is 19.1. The largest absolute Gasteiger partial charge is 0.484 e. The van der Waals surface area contributed by atoms with Crippen LogP contribution in [0.4, 0.5) is 4.39 Å². The topological polar surface area (TPSA) is 44.1 Å². The lowest BCUT2D eigenvalue weighted by Gasteiger charge is -2.19. The van der Waals surface area contributed by atoms with Gasteiger partial charge in [0, 0.05) is 23.7 Å². The van der Waals surface area contributed by atoms with E-state index >= 15 is 0 Å². The van der Waals surface area contributed by atoms with Crippen molar-refractivity contribution < 1.29 is 13.9 Å². The number of ether oxygens (including phenoxy) is 1. The maximum atomic E-state index is 14.6. The Morgan fingerprint density at radius 3 is 2.59 bits per heavy atom. The summed E-state index contributed by atoms with van der Waals surface area (Å²) in [5, 5.41) is 4.42. The van der Waals surface area contributed by atoms with E-state index in [0.717, 1.165) is 31.2 Å². The number of aromatic nitrogens is 2. The number of benzene rings is 2. The summed E-state index contributed by atoms with van der Waals surface area (Å²) in [5.74, 6) is 0.218. The summed E-state index contributed by atoms with van der Waals surface area (Å²) in [6.45, 7) is 1.85. The molecule has 0 spiro atoms. The highest BCUT2D eigenvalue weighted by Gasteiger charge is 2.24. The molecule has 150 valence electrons. The number of nitrogens with zero attached hydrogens (tertiary/aromatic N) is 2. The van der Waals surface area contributed by atoms with Crippen LogP contribution in [0.3, 0.4) is 0 Å². The molecule has 0 radical (unpaired) electrons. The van der Waals surface area contributed by atoms with E-state index in [-0.39, 0.29) is 17.6 Å². The number of halogens is 1. The lowest BCUT2D eigenvalue weighted by molar-refractivity contribution is 0.0782. The predicted octanol–water partition coefficient (Wildman–Crippen LogP) is 6.05. The summed E-state index contributed by atoms with van der Waals surface area (Å²) < 4.78 is 21.9. The quantitative estimate of drug-likeness (QED) is 0.531. The van der Waals surface area contributed by atoms with Gasteiger partial charge in [0.05, 0.1) is 0 Å². The van der Waals surface area contributed by atoms with Gasteiger partial charge in [0.15, 0.2) is 0 Å². The standard InChI is InChI=1S/C24H25FN2O2/c1-17(23-14-15-27(26-23)24(28)19-10-6-3-7-11-19)29-20-12-13-21(22(25)16-20)18-8-4-2-5-9-18/h2,4-5,8-9,12-17,19H,3,6-7,10-11H2,1H3/t17-/m1/s1. The minimum Gasteiger partial charge on any atom is -0.484 e. The minimum absolute atomic E-state index is 0.0569. The fourth-order valence-electron chi connectivity index (χ4n) is 3.90. The Kier molecular flexibility index (Phi) is 5.74. The third-order valence-electron chi connectivity index (χ3n) is 5.54. The molecule has 3 aromatic rings. The fourth-order valence-corrected chi connectivity index (χ4v) is 3.90. The van der Waals surface area contributed by atoms with Crippen molar-refractivity contribution in [2.45, 2.75) is 45.1 Å². The van der Waals surface area contributed by atoms with Crippen molar-refractivity contribution >= 4 is 5.91 Å². The first kappa shape index (κ1) is 19.4. The normalized spacial score (nSPS) is 15.8. The van der Waals surface area contributed by atoms with Gasteiger partial charge in [-0.1, -0.05) is 49.6 Å². The van der Waals surface area contributed by atoms with Gasteiger partial charge in [0.1, 0.15) is 23.4 Å². The molecule has 0 N–H and O–H groups in total. The maximum absolute atomic E-state index is 14.6. The van der Waals surface area contributed by atoms with E-state index in [9.17, 15) is 9.18 Å². The Morgan fingerprint density at radius 2 is 1.86 bits per heavy atom. The zero-order valence-electron chi connectivity index (χ0n) is 16.6. The molecule has 2 aromatic carbocycles. The van der Waals surface area contributed by atoms with Crippen LogP contribution < -0.4 is 4.74 Å². The number of hydrogen-bond acceptors (Lipinski definition) is 3. The molecule has 4 rings (SSSR count). The van der Waals surface area contributed by atoms with Crippen LogP contribution in [0.25, 0.3) is 11.1 Å². The van der Waals surface area contributed by atoms with Crippen molar-refractivity contribution in [2.24, 2.45) is 5.92 Å². The Labute approximate surface area is 170 Å². The summed E-state index contributed by atoms with van der Waals surface area (Å²) in [4.78, 5) is 12.6. The van der Waals surface area contributed by atoms with Gasteiger partial charge >= 0.3 is 0 Å². The Bertz CT molecular complexity index is 978. The van der Waals surface area contributed by atoms with Crippen molar-refractivity contribution in [1.82, 2.24) is 9.78 Å². The summed E-state index contributed by atoms with van der Waals surface area (Å²) in [7, 11) is 0. The molecule has 4 nitrogen and oxygen atoms in total. The highest BCUT2D eigenvalue weighted by Crippen LogP contribution is 2.29. The molecule has 0 amide bonds. The first-order chi connectivity index (χ1) is 14.1. The summed E-state index contributed by atoms with van der Waals surface area (Å²) in [6.07, 6.45) is 6.60. The van der Waals surface area contributed by atoms with E-state index in [4.69, 9.17) is 4.74 Å². The Hall–Kier alpha value is -2.95. The monoisotopic (exact) mass is 392 g/mol. The van der Waals surface area contributed by atoms with Gasteiger partial charge in [-0.15, -0.1) is 0 Å². The van der Waals surface area contributed by atoms with Crippen LogP contribution in [0, 0.1) is 11.7 Å². The van der Waals surface area contributed by atoms with Crippen molar-refractivity contribution in [1.29, 1.82) is 0 Å². The molecule has 1 aromatic heterocycles. The molecule has 5 heteroatoms. The first-order valence-electron chi connectivity index (χ1n) is 10.2. The van der Waals surface area contributed by atoms with Crippen LogP contribution >= 0.6 is 0 Å². The van der Waals surface area contributed by atoms with Gasteiger partial charge in [0.2, 0.25) is 5.91 Å². The molecule has 1 atom stereocenters. The van der Waals surface area contributed by atoms with Gasteiger partial charge in [-0.05, 0) is 43.5 Å². The molecule has 0 saturated heterocycles. The molecule has 1 heterocycles. The summed E-state index contributed by atoms with van der Waals surface area (Å²) in [5.41, 5.74) is 2.01. The second-order valence-electron chi connectivity index (χ2n) is 7.63. The molecule has 0 unspecified atom stereocenters. The molecule has 29 heavy (non-hydrogen) atoms. The number of carbonyl (C=O) groups is 1. The Balaban J connectivity index is 1.44. The van der Waals surface area contributed by atoms with Crippen molar-refractivity contribution in [3.63, 3.8) is 0 Å². The predicted molar refractivity (Wildman–Crippen MR) is 110 cm³/mol. The molecule has 0 bridgehead atoms. The zero-order chi connectivity index (χ0) is 20.2. The van der Waals surface area contributed by atoms with E-state index in [1.54, 1.807) is 24.4 Å². The molecule has 1 aliphatic rings. The maximum Gasteiger partial charge on any atom is 0.249 e. The second-order valence-corrected chi connectivity index (χ2v) is 7.63. The lowest BCUT2D eigenvalue weighted by atomic mass is 9.89. The SMILES string of the molecule is C[C@@H](Oc1ccc(-c2ccccc2)c(F)c1)c1ccn(C(=O)C2CCCCC2)n1. The molecule has 1 fully saturated rings. The fraction of sp³-hybridized carbons (Fsp3) is 0.333. The van der Waals surface area contributed by atoms with Crippen LogP contribution in [0.1, 0.15) is 55.6 Å². The number of rotatable bonds is 5. The van der Waals surface area contributed by atoms with Crippen molar-refractivity contribution in [3.8, 4) is 16.9 Å². The van der Waals surface area contributed by atoms with E-state index in [2.05, 4.69) is 5.10 Å². The van der Waals surface area contributed by atoms with Gasteiger partial charge < -0.3 is 4.74 Å². The van der Waals surface area contributed by atoms with Crippen LogP contribution in [0.5, 0.6) is 5.75 Å². The molecule has 1 aliphatic carbocycles. The molecular weight excluding hydrogens is 367 g/mol. The van der Waals surface area contributed by atoms with Crippen LogP contribution in [-0.4, -0.2) is 15.7 Å². The second kappa shape index (κ2) is 8.60. The smallest absolute Gasteiger partial charge is 0.249 e. The van der Waals surface area contributed by atoms with Gasteiger partial charge in [-0.3, -0.25) is 4.79 Å². The third kappa shape index (κ3) is 4.39. The average Bonchev–Trinajstić information content (AvgIpc) is 3.25. The van der Waals surface area contributed by atoms with Crippen LogP contribution in [0.2, 0.25) is 0 Å². The zero-order valence-corrected chi connectivity index (χ0v) is 16.6. The van der Waals surface area contributed by atoms with E-state index in [1.165, 1.54) is 17.2 Å². The highest BCUT2D eigenvalue weighted by molar-refractivity contribution is 5.80. The van der Waals surface area contributed by atoms with Gasteiger partial charge in [-0.25, -0.2) is 9.07 Å². The van der Waals surface area contributed by atoms with Crippen LogP contribution in [-0.2, 0) is 0 Å². The molecule has 1 saturated carbocycles. The van der Waals surface area contributed by atoms with Crippen LogP contribution in [0.15, 0.2) is 60.8 Å². The number of carbonyl (C=O) groups excluding carboxylic acids is 1. The summed E-state index contributed by atoms with van der Waals surface area (Å²) in [6, 6.07) is 16.1. The van der Waals surface area contributed by atoms with Gasteiger partial charge in [0.25, 0.3) is 0 Å². The van der Waals surface area contributed by atoms with Crippen molar-refractivity contribution in [2.75, 3.05) is 0 Å². The first-order valence-corrected chi connectivity index (χ1v) is 10.2. The Morgan fingerprint density at radius 1 is 1.10 bits per heavy atom. The summed E-state index contributed by atoms with van der Waals surface area (Å²) >= 11 is 0. The molecule has 0 aliphatic heterocycles. The lowest BCUT2D eigenvalue weighted by Crippen LogP contribution is -2.24. The average molecular weight is 392 g/mol. The van der Waals surface area contributed by atoms with E-state index < -0.39 is 6.10 Å². The molecular formula is C24H25FN2O2. The van der Waals surface area contributed by atoms with E-state index in [0.29, 0.717) is 17.0 Å². The van der Waals surface area contributed by atoms with E-state index in [1.807, 2.05) is 37.3 Å². The van der Waals surface area contributed by atoms with Gasteiger partial charge in [-0.2, -0.15) is 5.10 Å².